The molecule has 1 amide bonds. The number of nitrogens with one attached hydrogen (secondary N) is 2. The number of hydrogen-bond acceptors (Lipinski definition) is 5. The minimum Gasteiger partial charge on any atom is -0.381 e. The number of nitrogens with zero attached hydrogens (tertiary/aromatic N) is 2. The van der Waals surface area contributed by atoms with Gasteiger partial charge in [0.05, 0.1) is 5.92 Å². The quantitative estimate of drug-likeness (QED) is 0.679. The summed E-state index contributed by atoms with van der Waals surface area (Å²) in [6.07, 6.45) is 8.13. The van der Waals surface area contributed by atoms with E-state index in [1.165, 1.54) is 0 Å². The summed E-state index contributed by atoms with van der Waals surface area (Å²) < 4.78 is 5.47. The van der Waals surface area contributed by atoms with Crippen molar-refractivity contribution in [3.63, 3.8) is 0 Å². The Balaban J connectivity index is 0.00000169. The van der Waals surface area contributed by atoms with Crippen molar-refractivity contribution in [2.45, 2.75) is 44.2 Å². The van der Waals surface area contributed by atoms with Gasteiger partial charge in [-0.15, -0.1) is 24.8 Å². The first kappa shape index (κ1) is 23.2. The second kappa shape index (κ2) is 11.8. The second-order valence-electron chi connectivity index (χ2n) is 6.91. The molecule has 0 spiro atoms. The van der Waals surface area contributed by atoms with Crippen molar-refractivity contribution in [3.05, 3.63) is 18.2 Å². The van der Waals surface area contributed by atoms with Crippen molar-refractivity contribution in [2.75, 3.05) is 32.8 Å². The summed E-state index contributed by atoms with van der Waals surface area (Å²) in [5, 5.41) is 3.07. The first-order valence-corrected chi connectivity index (χ1v) is 9.05. The molecule has 150 valence electrons. The normalized spacial score (nSPS) is 24.8. The number of carbonyl (C=O) groups is 1. The van der Waals surface area contributed by atoms with Gasteiger partial charge in [0.15, 0.2) is 0 Å². The third-order valence-corrected chi connectivity index (χ3v) is 5.10. The molecule has 4 N–H and O–H groups in total. The molecule has 0 aromatic carbocycles. The van der Waals surface area contributed by atoms with Gasteiger partial charge in [-0.3, -0.25) is 9.69 Å². The van der Waals surface area contributed by atoms with Gasteiger partial charge in [0.2, 0.25) is 5.91 Å². The number of ether oxygens (including phenoxy) is 1. The zero-order valence-electron chi connectivity index (χ0n) is 15.1. The molecular formula is C17H31Cl2N5O2. The van der Waals surface area contributed by atoms with Gasteiger partial charge in [-0.05, 0) is 25.7 Å². The summed E-state index contributed by atoms with van der Waals surface area (Å²) in [5.41, 5.74) is 6.24. The van der Waals surface area contributed by atoms with Gasteiger partial charge >= 0.3 is 0 Å². The Morgan fingerprint density at radius 3 is 2.73 bits per heavy atom. The van der Waals surface area contributed by atoms with E-state index in [0.29, 0.717) is 12.6 Å². The predicted octanol–water partition coefficient (Wildman–Crippen LogP) is 1.13. The monoisotopic (exact) mass is 407 g/mol. The Morgan fingerprint density at radius 1 is 1.27 bits per heavy atom. The number of hydrogen-bond donors (Lipinski definition) is 3. The number of nitrogens with two attached hydrogens (primary N) is 1. The lowest BCUT2D eigenvalue weighted by atomic mass is 10.0. The van der Waals surface area contributed by atoms with E-state index in [9.17, 15) is 4.79 Å². The van der Waals surface area contributed by atoms with E-state index in [2.05, 4.69) is 20.2 Å². The third-order valence-electron chi connectivity index (χ3n) is 5.10. The highest BCUT2D eigenvalue weighted by Gasteiger charge is 2.31. The number of likely N-dealkylation sites (tertiary alicyclic amines) is 1. The van der Waals surface area contributed by atoms with Gasteiger partial charge in [0, 0.05) is 63.7 Å². The van der Waals surface area contributed by atoms with Gasteiger partial charge in [-0.1, -0.05) is 0 Å². The van der Waals surface area contributed by atoms with E-state index in [1.54, 1.807) is 12.4 Å². The molecular weight excluding hydrogens is 377 g/mol. The molecule has 9 heteroatoms. The number of imidazole rings is 1. The first-order chi connectivity index (χ1) is 11.7. The number of aromatic amines is 1. The van der Waals surface area contributed by atoms with Crippen molar-refractivity contribution in [1.29, 1.82) is 0 Å². The lowest BCUT2D eigenvalue weighted by Crippen LogP contribution is -2.47. The lowest BCUT2D eigenvalue weighted by Gasteiger charge is -2.35. The number of aromatic nitrogens is 2. The first-order valence-electron chi connectivity index (χ1n) is 9.05. The van der Waals surface area contributed by atoms with Crippen molar-refractivity contribution < 1.29 is 9.53 Å². The lowest BCUT2D eigenvalue weighted by molar-refractivity contribution is -0.125. The van der Waals surface area contributed by atoms with Crippen LogP contribution in [0, 0.1) is 5.92 Å². The maximum atomic E-state index is 12.6. The van der Waals surface area contributed by atoms with Crippen molar-refractivity contribution in [1.82, 2.24) is 20.2 Å². The summed E-state index contributed by atoms with van der Waals surface area (Å²) in [6.45, 7) is 3.95. The molecule has 0 unspecified atom stereocenters. The average Bonchev–Trinajstić information content (AvgIpc) is 3.03. The number of carbonyl (C=O) groups excluding carboxylic acids is 1. The Morgan fingerprint density at radius 2 is 2.04 bits per heavy atom. The molecule has 0 saturated carbocycles. The van der Waals surface area contributed by atoms with Crippen LogP contribution in [0.15, 0.2) is 12.4 Å². The molecule has 0 aliphatic carbocycles. The Hall–Kier alpha value is -0.860. The van der Waals surface area contributed by atoms with Crippen LogP contribution in [0.2, 0.25) is 0 Å². The van der Waals surface area contributed by atoms with Gasteiger partial charge in [-0.25, -0.2) is 4.98 Å². The highest BCUT2D eigenvalue weighted by atomic mass is 35.5. The maximum Gasteiger partial charge on any atom is 0.224 e. The van der Waals surface area contributed by atoms with Crippen LogP contribution in [0.1, 0.15) is 31.5 Å². The number of halogens is 2. The second-order valence-corrected chi connectivity index (χ2v) is 6.91. The zero-order chi connectivity index (χ0) is 16.8. The van der Waals surface area contributed by atoms with Crippen LogP contribution >= 0.6 is 24.8 Å². The summed E-state index contributed by atoms with van der Waals surface area (Å²) in [6, 6.07) is 0.662. The largest absolute Gasteiger partial charge is 0.381 e. The van der Waals surface area contributed by atoms with Crippen LogP contribution in [0.25, 0.3) is 0 Å². The van der Waals surface area contributed by atoms with Crippen LogP contribution in [-0.4, -0.2) is 65.7 Å². The minimum atomic E-state index is 0. The molecule has 2 aliphatic heterocycles. The average molecular weight is 408 g/mol. The molecule has 0 bridgehead atoms. The van der Waals surface area contributed by atoms with Crippen LogP contribution < -0.4 is 11.1 Å². The topological polar surface area (TPSA) is 96.3 Å². The molecule has 1 aromatic rings. The smallest absolute Gasteiger partial charge is 0.224 e. The minimum absolute atomic E-state index is 0. The summed E-state index contributed by atoms with van der Waals surface area (Å²) >= 11 is 0. The molecule has 3 rings (SSSR count). The van der Waals surface area contributed by atoms with Crippen LogP contribution in [0.3, 0.4) is 0 Å². The highest BCUT2D eigenvalue weighted by molar-refractivity contribution is 5.85. The molecule has 2 aliphatic rings. The Labute approximate surface area is 167 Å². The fourth-order valence-corrected chi connectivity index (χ4v) is 3.70. The Bertz CT molecular complexity index is 511. The van der Waals surface area contributed by atoms with Crippen LogP contribution in [0.4, 0.5) is 0 Å². The van der Waals surface area contributed by atoms with E-state index in [4.69, 9.17) is 10.5 Å². The van der Waals surface area contributed by atoms with Gasteiger partial charge < -0.3 is 20.8 Å². The van der Waals surface area contributed by atoms with Crippen LogP contribution in [0.5, 0.6) is 0 Å². The summed E-state index contributed by atoms with van der Waals surface area (Å²) in [4.78, 5) is 22.2. The molecule has 3 heterocycles. The van der Waals surface area contributed by atoms with Crippen molar-refractivity contribution in [3.8, 4) is 0 Å². The molecule has 0 radical (unpaired) electrons. The highest BCUT2D eigenvalue weighted by Crippen LogP contribution is 2.22. The summed E-state index contributed by atoms with van der Waals surface area (Å²) in [7, 11) is 0. The standard InChI is InChI=1S/C17H29N5O2.2ClH/c18-14-2-1-13(11-22(12-14)15-4-9-24-10-5-15)17(23)21-6-3-16-19-7-8-20-16;;/h7-8,13-15H,1-6,9-12,18H2,(H,19,20)(H,21,23);2*1H/t13-,14+;;/m1../s1. The van der Waals surface area contributed by atoms with Crippen molar-refractivity contribution in [2.24, 2.45) is 11.7 Å². The number of rotatable bonds is 5. The molecule has 26 heavy (non-hydrogen) atoms. The fourth-order valence-electron chi connectivity index (χ4n) is 3.70. The van der Waals surface area contributed by atoms with Gasteiger partial charge in [0.25, 0.3) is 0 Å². The Kier molecular flexibility index (Phi) is 10.5. The summed E-state index contributed by atoms with van der Waals surface area (Å²) in [5.74, 6) is 1.08. The molecule has 1 aromatic heterocycles. The third kappa shape index (κ3) is 6.70. The zero-order valence-corrected chi connectivity index (χ0v) is 16.7. The molecule has 2 fully saturated rings. The van der Waals surface area contributed by atoms with E-state index >= 15 is 0 Å². The van der Waals surface area contributed by atoms with Crippen molar-refractivity contribution >= 4 is 30.7 Å². The van der Waals surface area contributed by atoms with E-state index < -0.39 is 0 Å². The fraction of sp³-hybridized carbons (Fsp3) is 0.765. The van der Waals surface area contributed by atoms with Gasteiger partial charge in [-0.2, -0.15) is 0 Å². The van der Waals surface area contributed by atoms with E-state index in [0.717, 1.165) is 64.2 Å². The molecule has 2 atom stereocenters. The van der Waals surface area contributed by atoms with Crippen LogP contribution in [-0.2, 0) is 16.0 Å². The number of amides is 1. The molecule has 7 nitrogen and oxygen atoms in total. The molecule has 2 saturated heterocycles. The van der Waals surface area contributed by atoms with E-state index in [1.807, 2.05) is 0 Å². The van der Waals surface area contributed by atoms with Gasteiger partial charge in [0.1, 0.15) is 5.82 Å². The number of H-pyrrole nitrogens is 1. The van der Waals surface area contributed by atoms with E-state index in [-0.39, 0.29) is 42.7 Å². The SMILES string of the molecule is Cl.Cl.N[C@H]1CC[C@@H](C(=O)NCCc2ncc[nH]2)CN(C2CCOCC2)C1. The predicted molar refractivity (Wildman–Crippen MR) is 106 cm³/mol. The maximum absolute atomic E-state index is 12.6.